The van der Waals surface area contributed by atoms with Gasteiger partial charge in [-0.25, -0.2) is 0 Å². The third-order valence-electron chi connectivity index (χ3n) is 4.62. The maximum atomic E-state index is 5.57. The van der Waals surface area contributed by atoms with Crippen LogP contribution in [0.15, 0.2) is 0 Å². The van der Waals surface area contributed by atoms with Crippen molar-refractivity contribution in [3.05, 3.63) is 0 Å². The molecule has 1 N–H and O–H groups in total. The number of ether oxygens (including phenoxy) is 1. The number of likely N-dealkylation sites (tertiary alicyclic amines) is 1. The SMILES string of the molecule is C1COCC(CN2CCC3(CCNC3)C2)C1.Cl. The molecule has 0 radical (unpaired) electrons. The maximum absolute atomic E-state index is 5.57. The van der Waals surface area contributed by atoms with E-state index in [2.05, 4.69) is 10.2 Å². The Kier molecular flexibility index (Phi) is 4.70. The van der Waals surface area contributed by atoms with Gasteiger partial charge in [-0.3, -0.25) is 0 Å². The van der Waals surface area contributed by atoms with Gasteiger partial charge in [0.25, 0.3) is 0 Å². The molecule has 0 amide bonds. The third-order valence-corrected chi connectivity index (χ3v) is 4.62. The van der Waals surface area contributed by atoms with E-state index in [-0.39, 0.29) is 12.4 Å². The molecule has 0 aromatic heterocycles. The Labute approximate surface area is 111 Å². The van der Waals surface area contributed by atoms with Crippen molar-refractivity contribution in [2.45, 2.75) is 25.7 Å². The first-order chi connectivity index (χ1) is 7.86. The molecule has 2 atom stereocenters. The first-order valence-corrected chi connectivity index (χ1v) is 6.87. The normalized spacial score (nSPS) is 38.5. The second-order valence-electron chi connectivity index (χ2n) is 6.00. The number of nitrogens with zero attached hydrogens (tertiary/aromatic N) is 1. The van der Waals surface area contributed by atoms with E-state index in [9.17, 15) is 0 Å². The average Bonchev–Trinajstić information content (AvgIpc) is 2.92. The summed E-state index contributed by atoms with van der Waals surface area (Å²) in [7, 11) is 0. The van der Waals surface area contributed by atoms with Crippen LogP contribution in [0.25, 0.3) is 0 Å². The average molecular weight is 261 g/mol. The van der Waals surface area contributed by atoms with E-state index in [1.54, 1.807) is 0 Å². The molecule has 0 aliphatic carbocycles. The molecular formula is C13H25ClN2O. The van der Waals surface area contributed by atoms with Gasteiger partial charge < -0.3 is 15.0 Å². The van der Waals surface area contributed by atoms with Crippen molar-refractivity contribution in [1.29, 1.82) is 0 Å². The van der Waals surface area contributed by atoms with Crippen LogP contribution in [-0.2, 0) is 4.74 Å². The van der Waals surface area contributed by atoms with Crippen LogP contribution in [-0.4, -0.2) is 50.8 Å². The minimum Gasteiger partial charge on any atom is -0.381 e. The van der Waals surface area contributed by atoms with Crippen molar-refractivity contribution in [3.63, 3.8) is 0 Å². The van der Waals surface area contributed by atoms with Crippen LogP contribution in [0.5, 0.6) is 0 Å². The monoisotopic (exact) mass is 260 g/mol. The van der Waals surface area contributed by atoms with Gasteiger partial charge in [0.15, 0.2) is 0 Å². The molecule has 3 fully saturated rings. The Morgan fingerprint density at radius 2 is 2.29 bits per heavy atom. The zero-order valence-electron chi connectivity index (χ0n) is 10.6. The van der Waals surface area contributed by atoms with Crippen LogP contribution in [0.4, 0.5) is 0 Å². The Morgan fingerprint density at radius 3 is 3.00 bits per heavy atom. The molecule has 2 unspecified atom stereocenters. The first kappa shape index (κ1) is 13.6. The van der Waals surface area contributed by atoms with Crippen molar-refractivity contribution in [1.82, 2.24) is 10.2 Å². The topological polar surface area (TPSA) is 24.5 Å². The van der Waals surface area contributed by atoms with Gasteiger partial charge in [0.05, 0.1) is 6.61 Å². The first-order valence-electron chi connectivity index (χ1n) is 6.87. The molecule has 100 valence electrons. The molecule has 3 aliphatic heterocycles. The van der Waals surface area contributed by atoms with E-state index in [1.807, 2.05) is 0 Å². The van der Waals surface area contributed by atoms with Crippen molar-refractivity contribution in [2.24, 2.45) is 11.3 Å². The predicted octanol–water partition coefficient (Wildman–Crippen LogP) is 1.52. The largest absolute Gasteiger partial charge is 0.381 e. The van der Waals surface area contributed by atoms with Crippen LogP contribution >= 0.6 is 12.4 Å². The molecule has 4 heteroatoms. The quantitative estimate of drug-likeness (QED) is 0.815. The van der Waals surface area contributed by atoms with Gasteiger partial charge in [-0.2, -0.15) is 0 Å². The fourth-order valence-electron chi connectivity index (χ4n) is 3.64. The molecule has 3 saturated heterocycles. The lowest BCUT2D eigenvalue weighted by Crippen LogP contribution is -2.34. The molecule has 3 nitrogen and oxygen atoms in total. The second-order valence-corrected chi connectivity index (χ2v) is 6.00. The Morgan fingerprint density at radius 1 is 1.35 bits per heavy atom. The molecule has 0 aromatic carbocycles. The molecule has 3 rings (SSSR count). The Balaban J connectivity index is 0.00000108. The number of halogens is 1. The highest BCUT2D eigenvalue weighted by Gasteiger charge is 2.40. The Hall–Kier alpha value is 0.170. The summed E-state index contributed by atoms with van der Waals surface area (Å²) in [6.07, 6.45) is 5.45. The summed E-state index contributed by atoms with van der Waals surface area (Å²) in [5.74, 6) is 0.804. The number of hydrogen-bond donors (Lipinski definition) is 1. The zero-order chi connectivity index (χ0) is 10.8. The summed E-state index contributed by atoms with van der Waals surface area (Å²) in [5.41, 5.74) is 0.634. The lowest BCUT2D eigenvalue weighted by atomic mass is 9.86. The fraction of sp³-hybridized carbons (Fsp3) is 1.00. The van der Waals surface area contributed by atoms with Gasteiger partial charge in [0.1, 0.15) is 0 Å². The fourth-order valence-corrected chi connectivity index (χ4v) is 3.64. The standard InChI is InChI=1S/C13H24N2O.ClH/c1-2-12(9-16-7-1)8-15-6-4-13(11-15)3-5-14-10-13;/h12,14H,1-11H2;1H. The molecule has 17 heavy (non-hydrogen) atoms. The van der Waals surface area contributed by atoms with Gasteiger partial charge in [-0.1, -0.05) is 0 Å². The van der Waals surface area contributed by atoms with Crippen molar-refractivity contribution < 1.29 is 4.74 Å². The number of rotatable bonds is 2. The lowest BCUT2D eigenvalue weighted by molar-refractivity contribution is 0.0404. The molecule has 0 saturated carbocycles. The molecule has 3 heterocycles. The minimum absolute atomic E-state index is 0. The minimum atomic E-state index is 0. The van der Waals surface area contributed by atoms with Gasteiger partial charge in [0.2, 0.25) is 0 Å². The van der Waals surface area contributed by atoms with E-state index in [0.29, 0.717) is 5.41 Å². The summed E-state index contributed by atoms with van der Waals surface area (Å²) < 4.78 is 5.57. The van der Waals surface area contributed by atoms with Gasteiger partial charge in [0, 0.05) is 26.2 Å². The molecule has 3 aliphatic rings. The van der Waals surface area contributed by atoms with E-state index < -0.39 is 0 Å². The summed E-state index contributed by atoms with van der Waals surface area (Å²) in [5, 5.41) is 3.53. The van der Waals surface area contributed by atoms with Gasteiger partial charge >= 0.3 is 0 Å². The van der Waals surface area contributed by atoms with Crippen molar-refractivity contribution >= 4 is 12.4 Å². The molecule has 1 spiro atoms. The van der Waals surface area contributed by atoms with E-state index in [4.69, 9.17) is 4.74 Å². The predicted molar refractivity (Wildman–Crippen MR) is 71.8 cm³/mol. The van der Waals surface area contributed by atoms with Crippen LogP contribution in [0.1, 0.15) is 25.7 Å². The van der Waals surface area contributed by atoms with E-state index >= 15 is 0 Å². The highest BCUT2D eigenvalue weighted by Crippen LogP contribution is 2.36. The smallest absolute Gasteiger partial charge is 0.0506 e. The third kappa shape index (κ3) is 3.14. The molecule has 0 aromatic rings. The summed E-state index contributed by atoms with van der Waals surface area (Å²) >= 11 is 0. The Bertz CT molecular complexity index is 238. The van der Waals surface area contributed by atoms with Gasteiger partial charge in [-0.05, 0) is 50.1 Å². The number of nitrogens with one attached hydrogen (secondary N) is 1. The van der Waals surface area contributed by atoms with E-state index in [1.165, 1.54) is 58.4 Å². The van der Waals surface area contributed by atoms with Gasteiger partial charge in [-0.15, -0.1) is 12.4 Å². The molecule has 0 bridgehead atoms. The van der Waals surface area contributed by atoms with Crippen molar-refractivity contribution in [3.8, 4) is 0 Å². The van der Waals surface area contributed by atoms with Crippen LogP contribution in [0.3, 0.4) is 0 Å². The van der Waals surface area contributed by atoms with Crippen molar-refractivity contribution in [2.75, 3.05) is 45.9 Å². The summed E-state index contributed by atoms with van der Waals surface area (Å²) in [6.45, 7) is 8.41. The highest BCUT2D eigenvalue weighted by molar-refractivity contribution is 5.85. The summed E-state index contributed by atoms with van der Waals surface area (Å²) in [6, 6.07) is 0. The van der Waals surface area contributed by atoms with Crippen LogP contribution < -0.4 is 5.32 Å². The van der Waals surface area contributed by atoms with Crippen LogP contribution in [0.2, 0.25) is 0 Å². The molecular weight excluding hydrogens is 236 g/mol. The number of hydrogen-bond acceptors (Lipinski definition) is 3. The maximum Gasteiger partial charge on any atom is 0.0506 e. The van der Waals surface area contributed by atoms with E-state index in [0.717, 1.165) is 19.1 Å². The highest BCUT2D eigenvalue weighted by atomic mass is 35.5. The summed E-state index contributed by atoms with van der Waals surface area (Å²) in [4.78, 5) is 2.69. The second kappa shape index (κ2) is 5.87. The lowest BCUT2D eigenvalue weighted by Gasteiger charge is -2.28. The zero-order valence-corrected chi connectivity index (χ0v) is 11.4. The van der Waals surface area contributed by atoms with Crippen LogP contribution in [0, 0.1) is 11.3 Å².